The highest BCUT2D eigenvalue weighted by molar-refractivity contribution is 5.73. The van der Waals surface area contributed by atoms with Crippen LogP contribution in [0, 0.1) is 0 Å². The highest BCUT2D eigenvalue weighted by Gasteiger charge is 2.11. The lowest BCUT2D eigenvalue weighted by atomic mass is 9.92. The minimum absolute atomic E-state index is 0.0777. The van der Waals surface area contributed by atoms with Crippen molar-refractivity contribution in [3.05, 3.63) is 59.7 Å². The Kier molecular flexibility index (Phi) is 5.31. The molecular formula is C18H18O4. The summed E-state index contributed by atoms with van der Waals surface area (Å²) in [7, 11) is 0. The van der Waals surface area contributed by atoms with E-state index in [9.17, 15) is 9.59 Å². The predicted molar refractivity (Wildman–Crippen MR) is 83.8 cm³/mol. The predicted octanol–water partition coefficient (Wildman–Crippen LogP) is 3.39. The third-order valence-corrected chi connectivity index (χ3v) is 3.54. The van der Waals surface area contributed by atoms with Crippen molar-refractivity contribution in [1.29, 1.82) is 0 Å². The number of carboxylic acid groups (broad SMARTS) is 2. The Morgan fingerprint density at radius 2 is 1.05 bits per heavy atom. The van der Waals surface area contributed by atoms with Crippen molar-refractivity contribution in [1.82, 2.24) is 0 Å². The number of rotatable bonds is 7. The Bertz CT molecular complexity index is 617. The van der Waals surface area contributed by atoms with Crippen LogP contribution in [0.4, 0.5) is 0 Å². The van der Waals surface area contributed by atoms with E-state index in [1.165, 1.54) is 0 Å². The molecule has 0 aliphatic heterocycles. The van der Waals surface area contributed by atoms with Gasteiger partial charge in [0.15, 0.2) is 0 Å². The molecule has 2 aromatic carbocycles. The molecule has 0 radical (unpaired) electrons. The molecule has 0 unspecified atom stereocenters. The number of benzene rings is 2. The average molecular weight is 298 g/mol. The molecule has 0 heterocycles. The SMILES string of the molecule is O=C(O)CCc1ccccc1-c1ccccc1CCC(=O)O. The summed E-state index contributed by atoms with van der Waals surface area (Å²) in [5.41, 5.74) is 3.88. The van der Waals surface area contributed by atoms with Crippen LogP contribution in [0.15, 0.2) is 48.5 Å². The van der Waals surface area contributed by atoms with Gasteiger partial charge in [-0.3, -0.25) is 9.59 Å². The zero-order chi connectivity index (χ0) is 15.9. The Hall–Kier alpha value is -2.62. The molecule has 0 amide bonds. The zero-order valence-electron chi connectivity index (χ0n) is 12.2. The van der Waals surface area contributed by atoms with Crippen LogP contribution in [0.2, 0.25) is 0 Å². The minimum Gasteiger partial charge on any atom is -0.481 e. The first-order chi connectivity index (χ1) is 10.6. The van der Waals surface area contributed by atoms with Gasteiger partial charge in [0, 0.05) is 12.8 Å². The number of hydrogen-bond acceptors (Lipinski definition) is 2. The van der Waals surface area contributed by atoms with Crippen LogP contribution in [0.5, 0.6) is 0 Å². The lowest BCUT2D eigenvalue weighted by Gasteiger charge is -2.13. The van der Waals surface area contributed by atoms with E-state index < -0.39 is 11.9 Å². The molecule has 114 valence electrons. The summed E-state index contributed by atoms with van der Waals surface area (Å²) in [4.78, 5) is 21.6. The van der Waals surface area contributed by atoms with Crippen LogP contribution in [-0.2, 0) is 22.4 Å². The molecule has 0 spiro atoms. The molecule has 2 aromatic rings. The number of hydrogen-bond donors (Lipinski definition) is 2. The second-order valence-electron chi connectivity index (χ2n) is 5.10. The molecule has 4 nitrogen and oxygen atoms in total. The van der Waals surface area contributed by atoms with Crippen molar-refractivity contribution in [3.8, 4) is 11.1 Å². The summed E-state index contributed by atoms with van der Waals surface area (Å²) < 4.78 is 0. The van der Waals surface area contributed by atoms with Crippen LogP contribution in [0.1, 0.15) is 24.0 Å². The fourth-order valence-corrected chi connectivity index (χ4v) is 2.49. The lowest BCUT2D eigenvalue weighted by molar-refractivity contribution is -0.138. The molecule has 0 saturated carbocycles. The first kappa shape index (κ1) is 15.8. The molecular weight excluding hydrogens is 280 g/mol. The smallest absolute Gasteiger partial charge is 0.303 e. The molecule has 2 N–H and O–H groups in total. The molecule has 22 heavy (non-hydrogen) atoms. The first-order valence-corrected chi connectivity index (χ1v) is 7.17. The molecule has 0 aliphatic rings. The van der Waals surface area contributed by atoms with Gasteiger partial charge in [-0.1, -0.05) is 48.5 Å². The maximum absolute atomic E-state index is 10.8. The van der Waals surface area contributed by atoms with Crippen molar-refractivity contribution in [2.75, 3.05) is 0 Å². The number of carbonyl (C=O) groups is 2. The molecule has 0 bridgehead atoms. The Balaban J connectivity index is 2.35. The van der Waals surface area contributed by atoms with Crippen LogP contribution >= 0.6 is 0 Å². The van der Waals surface area contributed by atoms with E-state index in [1.807, 2.05) is 48.5 Å². The van der Waals surface area contributed by atoms with Crippen molar-refractivity contribution in [3.63, 3.8) is 0 Å². The largest absolute Gasteiger partial charge is 0.481 e. The van der Waals surface area contributed by atoms with Crippen LogP contribution < -0.4 is 0 Å². The monoisotopic (exact) mass is 298 g/mol. The number of carboxylic acids is 2. The van der Waals surface area contributed by atoms with Crippen LogP contribution in [0.3, 0.4) is 0 Å². The minimum atomic E-state index is -0.825. The maximum Gasteiger partial charge on any atom is 0.303 e. The molecule has 0 saturated heterocycles. The second kappa shape index (κ2) is 7.41. The van der Waals surface area contributed by atoms with Crippen molar-refractivity contribution in [2.45, 2.75) is 25.7 Å². The fraction of sp³-hybridized carbons (Fsp3) is 0.222. The van der Waals surface area contributed by atoms with Gasteiger partial charge in [0.2, 0.25) is 0 Å². The van der Waals surface area contributed by atoms with E-state index >= 15 is 0 Å². The second-order valence-corrected chi connectivity index (χ2v) is 5.10. The quantitative estimate of drug-likeness (QED) is 0.821. The van der Waals surface area contributed by atoms with E-state index in [0.717, 1.165) is 22.3 Å². The lowest BCUT2D eigenvalue weighted by Crippen LogP contribution is -2.01. The van der Waals surface area contributed by atoms with E-state index in [4.69, 9.17) is 10.2 Å². The van der Waals surface area contributed by atoms with E-state index in [2.05, 4.69) is 0 Å². The molecule has 0 aliphatic carbocycles. The summed E-state index contributed by atoms with van der Waals surface area (Å²) in [6.07, 6.45) is 1.07. The molecule has 4 heteroatoms. The highest BCUT2D eigenvalue weighted by atomic mass is 16.4. The average Bonchev–Trinajstić information content (AvgIpc) is 2.51. The van der Waals surface area contributed by atoms with Gasteiger partial charge in [0.1, 0.15) is 0 Å². The fourth-order valence-electron chi connectivity index (χ4n) is 2.49. The normalized spacial score (nSPS) is 10.4. The van der Waals surface area contributed by atoms with Gasteiger partial charge in [-0.2, -0.15) is 0 Å². The van der Waals surface area contributed by atoms with Gasteiger partial charge >= 0.3 is 11.9 Å². The van der Waals surface area contributed by atoms with Gasteiger partial charge < -0.3 is 10.2 Å². The maximum atomic E-state index is 10.8. The van der Waals surface area contributed by atoms with Crippen molar-refractivity contribution in [2.24, 2.45) is 0 Å². The molecule has 0 aromatic heterocycles. The summed E-state index contributed by atoms with van der Waals surface area (Å²) in [6, 6.07) is 15.4. The summed E-state index contributed by atoms with van der Waals surface area (Å²) in [5.74, 6) is -1.65. The van der Waals surface area contributed by atoms with Gasteiger partial charge in [-0.05, 0) is 35.1 Å². The van der Waals surface area contributed by atoms with Gasteiger partial charge in [0.25, 0.3) is 0 Å². The first-order valence-electron chi connectivity index (χ1n) is 7.17. The van der Waals surface area contributed by atoms with Gasteiger partial charge in [0.05, 0.1) is 0 Å². The van der Waals surface area contributed by atoms with Crippen LogP contribution in [0.25, 0.3) is 11.1 Å². The molecule has 0 fully saturated rings. The topological polar surface area (TPSA) is 74.6 Å². The highest BCUT2D eigenvalue weighted by Crippen LogP contribution is 2.28. The van der Waals surface area contributed by atoms with E-state index in [-0.39, 0.29) is 12.8 Å². The molecule has 2 rings (SSSR count). The van der Waals surface area contributed by atoms with Crippen molar-refractivity contribution < 1.29 is 19.8 Å². The van der Waals surface area contributed by atoms with Gasteiger partial charge in [-0.15, -0.1) is 0 Å². The number of aliphatic carboxylic acids is 2. The Morgan fingerprint density at radius 1 is 0.682 bits per heavy atom. The Labute approximate surface area is 129 Å². The van der Waals surface area contributed by atoms with Crippen LogP contribution in [-0.4, -0.2) is 22.2 Å². The summed E-state index contributed by atoms with van der Waals surface area (Å²) >= 11 is 0. The zero-order valence-corrected chi connectivity index (χ0v) is 12.2. The third kappa shape index (κ3) is 4.19. The standard InChI is InChI=1S/C18H18O4/c19-17(20)11-9-13-5-1-3-7-15(13)16-8-4-2-6-14(16)10-12-18(21)22/h1-8H,9-12H2,(H,19,20)(H,21,22). The summed E-state index contributed by atoms with van der Waals surface area (Å²) in [5, 5.41) is 17.7. The van der Waals surface area contributed by atoms with E-state index in [0.29, 0.717) is 12.8 Å². The number of aryl methyl sites for hydroxylation is 2. The Morgan fingerprint density at radius 3 is 1.41 bits per heavy atom. The molecule has 0 atom stereocenters. The third-order valence-electron chi connectivity index (χ3n) is 3.54. The van der Waals surface area contributed by atoms with Crippen molar-refractivity contribution >= 4 is 11.9 Å². The summed E-state index contributed by atoms with van der Waals surface area (Å²) in [6.45, 7) is 0. The van der Waals surface area contributed by atoms with E-state index in [1.54, 1.807) is 0 Å². The van der Waals surface area contributed by atoms with Gasteiger partial charge in [-0.25, -0.2) is 0 Å².